The van der Waals surface area contributed by atoms with E-state index < -0.39 is 64.6 Å². The van der Waals surface area contributed by atoms with E-state index in [1.54, 1.807) is 42.5 Å². The molecule has 1 aliphatic rings. The number of carbonyl (C=O) groups is 3. The van der Waals surface area contributed by atoms with Gasteiger partial charge in [-0.1, -0.05) is 61.7 Å². The summed E-state index contributed by atoms with van der Waals surface area (Å²) in [7, 11) is -8.22. The van der Waals surface area contributed by atoms with Gasteiger partial charge in [0, 0.05) is 19.0 Å². The van der Waals surface area contributed by atoms with Crippen LogP contribution in [0.1, 0.15) is 56.1 Å². The molecule has 2 unspecified atom stereocenters. The summed E-state index contributed by atoms with van der Waals surface area (Å²) >= 11 is 0. The van der Waals surface area contributed by atoms with Crippen LogP contribution in [0.15, 0.2) is 54.6 Å². The quantitative estimate of drug-likeness (QED) is 0.0677. The molecule has 0 heterocycles. The van der Waals surface area contributed by atoms with Gasteiger partial charge < -0.3 is 31.5 Å². The number of phenolic OH excluding ortho intramolecular Hbond substituents is 1. The third-order valence-corrected chi connectivity index (χ3v) is 11.3. The summed E-state index contributed by atoms with van der Waals surface area (Å²) in [5, 5.41) is 24.6. The van der Waals surface area contributed by atoms with Gasteiger partial charge in [0.1, 0.15) is 23.6 Å². The predicted octanol–water partition coefficient (Wildman–Crippen LogP) is 1.42. The number of benzene rings is 2. The fraction of sp³-hybridized carbons (Fsp3) is 0.516. The van der Waals surface area contributed by atoms with Crippen molar-refractivity contribution in [2.24, 2.45) is 11.1 Å². The Kier molecular flexibility index (Phi) is 15.7. The molecule has 2 aromatic rings. The number of carboxylic acid groups (broad SMARTS) is 1. The van der Waals surface area contributed by atoms with Crippen molar-refractivity contribution in [3.63, 3.8) is 0 Å². The van der Waals surface area contributed by atoms with Gasteiger partial charge in [-0.3, -0.25) is 14.2 Å². The van der Waals surface area contributed by atoms with Gasteiger partial charge in [0.05, 0.1) is 11.7 Å². The van der Waals surface area contributed by atoms with Crippen molar-refractivity contribution in [1.82, 2.24) is 15.4 Å². The molecule has 256 valence electrons. The number of aromatic hydroxyl groups is 1. The van der Waals surface area contributed by atoms with Gasteiger partial charge in [0.15, 0.2) is 0 Å². The number of sulfonamides is 1. The minimum absolute atomic E-state index is 0. The molecule has 4 atom stereocenters. The first-order valence-corrected chi connectivity index (χ1v) is 19.1. The van der Waals surface area contributed by atoms with Crippen molar-refractivity contribution in [2.45, 2.75) is 75.7 Å². The van der Waals surface area contributed by atoms with Gasteiger partial charge in [0.25, 0.3) is 0 Å². The number of aliphatic carboxylic acids is 1. The molecule has 1 fully saturated rings. The zero-order chi connectivity index (χ0) is 34.0. The molecule has 0 bridgehead atoms. The topological polar surface area (TPSA) is 225 Å². The van der Waals surface area contributed by atoms with Crippen LogP contribution in [-0.4, -0.2) is 97.0 Å². The normalized spacial score (nSPS) is 17.3. The Morgan fingerprint density at radius 1 is 0.936 bits per heavy atom. The second kappa shape index (κ2) is 18.2. The Labute approximate surface area is 288 Å². The van der Waals surface area contributed by atoms with Gasteiger partial charge in [-0.25, -0.2) is 17.9 Å². The van der Waals surface area contributed by atoms with E-state index in [1.165, 1.54) is 12.1 Å². The zero-order valence-electron chi connectivity index (χ0n) is 25.9. The Hall–Kier alpha value is -2.69. The molecule has 2 amide bonds. The van der Waals surface area contributed by atoms with Crippen LogP contribution in [0.5, 0.6) is 5.75 Å². The maximum absolute atomic E-state index is 14.3. The molecule has 3 rings (SSSR count). The summed E-state index contributed by atoms with van der Waals surface area (Å²) in [5.41, 5.74) is 5.40. The van der Waals surface area contributed by atoms with E-state index in [2.05, 4.69) is 15.4 Å². The molecule has 0 aliphatic heterocycles. The van der Waals surface area contributed by atoms with E-state index in [-0.39, 0.29) is 56.7 Å². The van der Waals surface area contributed by atoms with E-state index in [0.717, 1.165) is 6.26 Å². The van der Waals surface area contributed by atoms with Crippen LogP contribution in [0.2, 0.25) is 0 Å². The number of phenols is 1. The molecule has 1 aliphatic carbocycles. The molecule has 2 aromatic carbocycles. The van der Waals surface area contributed by atoms with Gasteiger partial charge in [0.2, 0.25) is 29.2 Å². The number of nitrogens with one attached hydrogen (secondary N) is 3. The number of carbonyl (C=O) groups excluding carboxylic acids is 2. The van der Waals surface area contributed by atoms with Crippen LogP contribution >= 0.6 is 7.37 Å². The molecule has 47 heavy (non-hydrogen) atoms. The summed E-state index contributed by atoms with van der Waals surface area (Å²) in [5.74, 6) is -4.07. The van der Waals surface area contributed by atoms with Crippen LogP contribution in [0.4, 0.5) is 0 Å². The third kappa shape index (κ3) is 12.7. The fourth-order valence-electron chi connectivity index (χ4n) is 5.82. The van der Waals surface area contributed by atoms with E-state index >= 15 is 0 Å². The van der Waals surface area contributed by atoms with Crippen LogP contribution in [0.25, 0.3) is 0 Å². The standard InChI is InChI=1S/C31H45N4O9PS.Li.H/c1-46(43,44)35-25(11-5-8-18-32)28(37)34-27(20-22-9-3-2-4-10-22)45(41,42)21-31(16-6-7-17-31)30(40)33-26(29(38)39)19-23-12-14-24(36)15-13-23;;/h2-4,9-10,12-15,25-27,35-36H,5-8,11,16-21,32H2,1H3,(H,33,40)(H,34,37)(H,38,39)(H,41,42);;/t25-,26+,27?;;/m1../s1. The molecule has 0 saturated heterocycles. The Bertz CT molecular complexity index is 1490. The van der Waals surface area contributed by atoms with Gasteiger partial charge in [-0.15, -0.1) is 0 Å². The molecule has 16 heteroatoms. The number of hydrogen-bond donors (Lipinski definition) is 7. The number of unbranched alkanes of at least 4 members (excludes halogenated alkanes) is 1. The number of nitrogens with two attached hydrogens (primary N) is 1. The van der Waals surface area contributed by atoms with E-state index in [4.69, 9.17) is 5.73 Å². The van der Waals surface area contributed by atoms with E-state index in [1.807, 2.05) is 0 Å². The van der Waals surface area contributed by atoms with Crippen LogP contribution < -0.4 is 21.1 Å². The Balaban J connectivity index is 0.00000768. The van der Waals surface area contributed by atoms with Crippen molar-refractivity contribution in [2.75, 3.05) is 19.0 Å². The molecule has 0 spiro atoms. The van der Waals surface area contributed by atoms with Crippen LogP contribution in [0.3, 0.4) is 0 Å². The predicted molar refractivity (Wildman–Crippen MR) is 181 cm³/mol. The second-order valence-electron chi connectivity index (χ2n) is 12.1. The van der Waals surface area contributed by atoms with Crippen molar-refractivity contribution < 1.29 is 42.5 Å². The summed E-state index contributed by atoms with van der Waals surface area (Å²) < 4.78 is 40.7. The van der Waals surface area contributed by atoms with Gasteiger partial charge in [-0.05, 0) is 55.5 Å². The summed E-state index contributed by atoms with van der Waals surface area (Å²) in [6, 6.07) is 12.1. The third-order valence-electron chi connectivity index (χ3n) is 8.24. The van der Waals surface area contributed by atoms with Gasteiger partial charge in [-0.2, -0.15) is 0 Å². The monoisotopic (exact) mass is 688 g/mol. The number of carboxylic acids is 1. The first-order valence-electron chi connectivity index (χ1n) is 15.3. The average molecular weight is 689 g/mol. The molecule has 0 aromatic heterocycles. The molecular weight excluding hydrogens is 642 g/mol. The average Bonchev–Trinajstić information content (AvgIpc) is 3.46. The summed E-state index contributed by atoms with van der Waals surface area (Å²) in [6.45, 7) is 0.345. The number of amides is 2. The van der Waals surface area contributed by atoms with Crippen molar-refractivity contribution in [3.8, 4) is 5.75 Å². The molecule has 0 radical (unpaired) electrons. The number of hydrogen-bond acceptors (Lipinski definition) is 8. The first kappa shape index (κ1) is 40.5. The molecular formula is C31H46LiN4O9PS. The Morgan fingerprint density at radius 2 is 1.53 bits per heavy atom. The van der Waals surface area contributed by atoms with Crippen molar-refractivity contribution in [3.05, 3.63) is 65.7 Å². The van der Waals surface area contributed by atoms with Crippen molar-refractivity contribution in [1.29, 1.82) is 0 Å². The summed E-state index contributed by atoms with van der Waals surface area (Å²) in [4.78, 5) is 51.1. The van der Waals surface area contributed by atoms with Crippen molar-refractivity contribution >= 4 is 54.0 Å². The first-order chi connectivity index (χ1) is 21.6. The molecule has 1 saturated carbocycles. The van der Waals surface area contributed by atoms with Gasteiger partial charge >= 0.3 is 24.8 Å². The summed E-state index contributed by atoms with van der Waals surface area (Å²) in [6.07, 6.45) is 3.05. The van der Waals surface area contributed by atoms with E-state index in [0.29, 0.717) is 43.4 Å². The second-order valence-corrected chi connectivity index (χ2v) is 16.3. The maximum atomic E-state index is 14.3. The van der Waals surface area contributed by atoms with Crippen LogP contribution in [-0.2, 0) is 41.8 Å². The number of rotatable bonds is 18. The molecule has 13 nitrogen and oxygen atoms in total. The van der Waals surface area contributed by atoms with E-state index in [9.17, 15) is 42.5 Å². The zero-order valence-corrected chi connectivity index (χ0v) is 27.6. The molecule has 8 N–H and O–H groups in total. The van der Waals surface area contributed by atoms with Crippen LogP contribution in [0, 0.1) is 5.41 Å². The fourth-order valence-corrected chi connectivity index (χ4v) is 8.94. The minimum atomic E-state index is -4.42. The SMILES string of the molecule is CS(=O)(=O)N[C@H](CCCCN)C(=O)NC(Cc1ccccc1)P(=O)(O)CC1(C(=O)N[C@@H](Cc2ccc(O)cc2)C(=O)O)CCCC1.[LiH]. The Morgan fingerprint density at radius 3 is 2.09 bits per heavy atom.